The highest BCUT2D eigenvalue weighted by Gasteiger charge is 2.43. The molecule has 15 rings (SSSR count). The van der Waals surface area contributed by atoms with E-state index in [0.29, 0.717) is 0 Å². The van der Waals surface area contributed by atoms with Crippen LogP contribution < -0.4 is 21.1 Å². The number of nitrogens with zero attached hydrogens (tertiary/aromatic N) is 4. The Balaban J connectivity index is 1.05. The molecule has 13 aromatic rings. The summed E-state index contributed by atoms with van der Waals surface area (Å²) < 4.78 is 12.5. The van der Waals surface area contributed by atoms with Crippen molar-refractivity contribution in [2.24, 2.45) is 0 Å². The predicted molar refractivity (Wildman–Crippen MR) is 313 cm³/mol. The van der Waals surface area contributed by atoms with Gasteiger partial charge in [0.1, 0.15) is 11.5 Å². The van der Waals surface area contributed by atoms with E-state index in [9.17, 15) is 0 Å². The molecule has 2 aliphatic rings. The van der Waals surface area contributed by atoms with Crippen molar-refractivity contribution >= 4 is 78.5 Å². The summed E-state index contributed by atoms with van der Waals surface area (Å²) in [6.07, 6.45) is 0. The maximum Gasteiger partial charge on any atom is 0.253 e. The summed E-state index contributed by atoms with van der Waals surface area (Å²) in [5, 5.41) is 4.83. The molecule has 6 heterocycles. The van der Waals surface area contributed by atoms with Gasteiger partial charge < -0.3 is 13.9 Å². The first-order valence-electron chi connectivity index (χ1n) is 25.8. The Morgan fingerprint density at radius 2 is 0.867 bits per heavy atom. The number of pyridine rings is 2. The molecular formula is C68H47BN4OS. The standard InChI is InChI=1S/C68H47BN4OS/c1-68(2,3)44-40-61-65-62(41-44)75-67-50(37-39-60(64(67)54-31-19-29-52(71-54)43-22-8-5-9-23-43)73-57-34-16-12-26-47(57)48-27-13-17-35-58(48)73)69(65)49-36-38-59(72-55-32-14-10-24-45(55)46-25-11-15-33-56(46)72)63(66(49)74-61)53-30-18-28-51(70-53)42-20-6-4-7-21-42/h4-41H,1-3H3. The minimum Gasteiger partial charge on any atom is -0.458 e. The number of ether oxygens (including phenoxy) is 1. The average molecular weight is 979 g/mol. The maximum absolute atomic E-state index is 7.64. The third kappa shape index (κ3) is 6.81. The topological polar surface area (TPSA) is 44.9 Å². The summed E-state index contributed by atoms with van der Waals surface area (Å²) in [5.41, 5.74) is 19.0. The molecule has 0 radical (unpaired) electrons. The first-order chi connectivity index (χ1) is 36.9. The summed E-state index contributed by atoms with van der Waals surface area (Å²) in [7, 11) is 0. The van der Waals surface area contributed by atoms with Crippen molar-refractivity contribution in [1.82, 2.24) is 19.1 Å². The van der Waals surface area contributed by atoms with Gasteiger partial charge in [0.2, 0.25) is 0 Å². The first kappa shape index (κ1) is 43.7. The molecule has 0 atom stereocenters. The van der Waals surface area contributed by atoms with Gasteiger partial charge in [0.25, 0.3) is 6.71 Å². The Morgan fingerprint density at radius 3 is 1.37 bits per heavy atom. The molecule has 0 saturated carbocycles. The van der Waals surface area contributed by atoms with Crippen molar-refractivity contribution in [3.8, 4) is 67.9 Å². The van der Waals surface area contributed by atoms with Crippen molar-refractivity contribution < 1.29 is 4.74 Å². The van der Waals surface area contributed by atoms with Gasteiger partial charge in [0.15, 0.2) is 0 Å². The van der Waals surface area contributed by atoms with Crippen LogP contribution in [0.15, 0.2) is 240 Å². The second-order valence-electron chi connectivity index (χ2n) is 20.8. The van der Waals surface area contributed by atoms with Gasteiger partial charge in [-0.2, -0.15) is 0 Å². The molecule has 0 fully saturated rings. The fourth-order valence-electron chi connectivity index (χ4n) is 12.0. The van der Waals surface area contributed by atoms with E-state index in [2.05, 4.69) is 260 Å². The Labute approximate surface area is 439 Å². The quantitative estimate of drug-likeness (QED) is 0.156. The van der Waals surface area contributed by atoms with E-state index in [1.807, 2.05) is 11.8 Å². The van der Waals surface area contributed by atoms with Crippen LogP contribution >= 0.6 is 11.8 Å². The van der Waals surface area contributed by atoms with E-state index in [1.54, 1.807) is 0 Å². The molecule has 7 heteroatoms. The third-order valence-corrected chi connectivity index (χ3v) is 16.6. The summed E-state index contributed by atoms with van der Waals surface area (Å²) in [5.74, 6) is 1.70. The van der Waals surface area contributed by atoms with Gasteiger partial charge in [-0.25, -0.2) is 9.97 Å². The lowest BCUT2D eigenvalue weighted by molar-refractivity contribution is 0.483. The molecule has 0 spiro atoms. The molecule has 354 valence electrons. The highest BCUT2D eigenvalue weighted by Crippen LogP contribution is 2.49. The van der Waals surface area contributed by atoms with Crippen molar-refractivity contribution in [2.45, 2.75) is 36.0 Å². The van der Waals surface area contributed by atoms with Gasteiger partial charge >= 0.3 is 0 Å². The molecule has 0 unspecified atom stereocenters. The lowest BCUT2D eigenvalue weighted by Gasteiger charge is -2.37. The van der Waals surface area contributed by atoms with E-state index in [0.717, 1.165) is 95.4 Å². The van der Waals surface area contributed by atoms with Crippen LogP contribution in [0.5, 0.6) is 11.5 Å². The number of fused-ring (bicyclic) bond motifs is 10. The molecule has 0 saturated heterocycles. The van der Waals surface area contributed by atoms with Crippen LogP contribution in [0.3, 0.4) is 0 Å². The molecule has 9 aromatic carbocycles. The van der Waals surface area contributed by atoms with Gasteiger partial charge in [-0.05, 0) is 94.7 Å². The summed E-state index contributed by atoms with van der Waals surface area (Å²) in [6.45, 7) is 6.71. The van der Waals surface area contributed by atoms with Crippen LogP contribution in [0.2, 0.25) is 0 Å². The van der Waals surface area contributed by atoms with Gasteiger partial charge in [-0.1, -0.05) is 196 Å². The SMILES string of the molecule is CC(C)(C)c1cc2c3c(c1)Sc1c(ccc(-n4c5ccccc5c5ccccc54)c1-c1cccc(-c4ccccc4)n1)B3c1ccc(-n3c4ccccc4c4ccccc43)c(-c3cccc(-c4ccccc4)n3)c1O2. The number of hydrogen-bond donors (Lipinski definition) is 0. The zero-order valence-corrected chi connectivity index (χ0v) is 42.4. The van der Waals surface area contributed by atoms with Crippen LogP contribution in [-0.2, 0) is 5.41 Å². The van der Waals surface area contributed by atoms with Crippen LogP contribution in [0, 0.1) is 0 Å². The Morgan fingerprint density at radius 1 is 0.427 bits per heavy atom. The molecule has 5 nitrogen and oxygen atoms in total. The number of benzene rings is 9. The minimum atomic E-state index is -0.185. The molecule has 2 aliphatic heterocycles. The largest absolute Gasteiger partial charge is 0.458 e. The third-order valence-electron chi connectivity index (χ3n) is 15.4. The fraction of sp³-hybridized carbons (Fsp3) is 0.0588. The molecule has 4 aromatic heterocycles. The summed E-state index contributed by atoms with van der Waals surface area (Å²) >= 11 is 1.85. The summed E-state index contributed by atoms with van der Waals surface area (Å²) in [6, 6.07) is 83.1. The molecular weight excluding hydrogens is 932 g/mol. The number of hydrogen-bond acceptors (Lipinski definition) is 4. The molecule has 0 bridgehead atoms. The fourth-order valence-corrected chi connectivity index (χ4v) is 13.3. The van der Waals surface area contributed by atoms with E-state index in [4.69, 9.17) is 14.7 Å². The Kier molecular flexibility index (Phi) is 9.79. The Hall–Kier alpha value is -8.91. The monoisotopic (exact) mass is 978 g/mol. The lowest BCUT2D eigenvalue weighted by atomic mass is 9.35. The second-order valence-corrected chi connectivity index (χ2v) is 21.9. The zero-order chi connectivity index (χ0) is 49.9. The maximum atomic E-state index is 7.64. The zero-order valence-electron chi connectivity index (χ0n) is 41.6. The number of para-hydroxylation sites is 4. The van der Waals surface area contributed by atoms with Crippen LogP contribution in [0.4, 0.5) is 0 Å². The average Bonchev–Trinajstić information content (AvgIpc) is 4.06. The molecule has 0 amide bonds. The molecule has 0 aliphatic carbocycles. The smallest absolute Gasteiger partial charge is 0.253 e. The van der Waals surface area contributed by atoms with Gasteiger partial charge in [-0.15, -0.1) is 0 Å². The van der Waals surface area contributed by atoms with E-state index in [1.165, 1.54) is 47.8 Å². The van der Waals surface area contributed by atoms with Crippen LogP contribution in [0.1, 0.15) is 26.3 Å². The van der Waals surface area contributed by atoms with Crippen LogP contribution in [0.25, 0.3) is 100 Å². The van der Waals surface area contributed by atoms with Crippen molar-refractivity contribution in [1.29, 1.82) is 0 Å². The lowest BCUT2D eigenvalue weighted by Crippen LogP contribution is -2.58. The van der Waals surface area contributed by atoms with Crippen molar-refractivity contribution in [3.05, 3.63) is 236 Å². The predicted octanol–water partition coefficient (Wildman–Crippen LogP) is 15.7. The van der Waals surface area contributed by atoms with Gasteiger partial charge in [0.05, 0.1) is 61.8 Å². The normalized spacial score (nSPS) is 12.8. The van der Waals surface area contributed by atoms with E-state index in [-0.39, 0.29) is 12.1 Å². The Bertz CT molecular complexity index is 4090. The van der Waals surface area contributed by atoms with E-state index < -0.39 is 0 Å². The molecule has 0 N–H and O–H groups in total. The van der Waals surface area contributed by atoms with E-state index >= 15 is 0 Å². The highest BCUT2D eigenvalue weighted by molar-refractivity contribution is 8.00. The van der Waals surface area contributed by atoms with Gasteiger partial charge in [-0.3, -0.25) is 0 Å². The number of aromatic nitrogens is 4. The molecule has 75 heavy (non-hydrogen) atoms. The van der Waals surface area contributed by atoms with Crippen LogP contribution in [-0.4, -0.2) is 25.8 Å². The highest BCUT2D eigenvalue weighted by atomic mass is 32.2. The first-order valence-corrected chi connectivity index (χ1v) is 26.6. The van der Waals surface area contributed by atoms with Crippen molar-refractivity contribution in [3.63, 3.8) is 0 Å². The number of rotatable bonds is 6. The van der Waals surface area contributed by atoms with Crippen molar-refractivity contribution in [2.75, 3.05) is 0 Å². The van der Waals surface area contributed by atoms with Gasteiger partial charge in [0, 0.05) is 48.0 Å². The summed E-state index contributed by atoms with van der Waals surface area (Å²) in [4.78, 5) is 13.5. The second kappa shape index (κ2) is 16.8. The minimum absolute atomic E-state index is 0.177.